The highest BCUT2D eigenvalue weighted by Crippen LogP contribution is 2.70. The first-order valence-corrected chi connectivity index (χ1v) is 11.8. The Balaban J connectivity index is 1.31. The van der Waals surface area contributed by atoms with Crippen molar-refractivity contribution >= 4 is 11.7 Å². The highest BCUT2D eigenvalue weighted by Gasteiger charge is 2.84. The summed E-state index contributed by atoms with van der Waals surface area (Å²) < 4.78 is 31.7. The number of piperidine rings is 1. The fraction of sp³-hybridized carbons (Fsp3) is 0.407. The molecule has 0 bridgehead atoms. The average Bonchev–Trinajstić information content (AvgIpc) is 3.23. The quantitative estimate of drug-likeness (QED) is 0.586. The zero-order chi connectivity index (χ0) is 23.9. The normalized spacial score (nSPS) is 28.1. The third kappa shape index (κ3) is 2.82. The molecule has 1 amide bonds. The smallest absolute Gasteiger partial charge is 0.265 e. The number of nitrogens with one attached hydrogen (secondary N) is 1. The zero-order valence-corrected chi connectivity index (χ0v) is 19.6. The molecule has 2 unspecified atom stereocenters. The summed E-state index contributed by atoms with van der Waals surface area (Å²) in [7, 11) is 0. The molecular weight excluding hydrogens is 434 g/mol. The lowest BCUT2D eigenvalue weighted by atomic mass is 9.89. The fourth-order valence-corrected chi connectivity index (χ4v) is 6.13. The van der Waals surface area contributed by atoms with E-state index in [0.29, 0.717) is 16.9 Å². The van der Waals surface area contributed by atoms with Gasteiger partial charge in [-0.15, -0.1) is 0 Å². The van der Waals surface area contributed by atoms with Crippen molar-refractivity contribution in [3.63, 3.8) is 0 Å². The van der Waals surface area contributed by atoms with Crippen LogP contribution in [0.2, 0.25) is 0 Å². The Morgan fingerprint density at radius 3 is 2.62 bits per heavy atom. The number of likely N-dealkylation sites (tertiary alicyclic amines) is 1. The van der Waals surface area contributed by atoms with Gasteiger partial charge in [-0.2, -0.15) is 5.10 Å². The molecule has 2 aromatic carbocycles. The largest absolute Gasteiger partial charge is 0.363 e. The van der Waals surface area contributed by atoms with Crippen LogP contribution >= 0.6 is 0 Å². The Morgan fingerprint density at radius 1 is 1.12 bits per heavy atom. The molecule has 34 heavy (non-hydrogen) atoms. The molecule has 5 nitrogen and oxygen atoms in total. The predicted molar refractivity (Wildman–Crippen MR) is 126 cm³/mol. The summed E-state index contributed by atoms with van der Waals surface area (Å²) >= 11 is 0. The van der Waals surface area contributed by atoms with E-state index in [0.717, 1.165) is 17.5 Å². The van der Waals surface area contributed by atoms with E-state index in [9.17, 15) is 13.6 Å². The van der Waals surface area contributed by atoms with Crippen molar-refractivity contribution in [2.75, 3.05) is 18.4 Å². The number of hydrogen-bond acceptors (Lipinski definition) is 3. The molecule has 3 heterocycles. The molecule has 3 atom stereocenters. The predicted octanol–water partition coefficient (Wildman–Crippen LogP) is 5.14. The van der Waals surface area contributed by atoms with Crippen LogP contribution < -0.4 is 5.32 Å². The maximum Gasteiger partial charge on any atom is 0.265 e. The average molecular weight is 463 g/mol. The molecule has 3 aliphatic rings. The lowest BCUT2D eigenvalue weighted by molar-refractivity contribution is 0.0394. The van der Waals surface area contributed by atoms with Gasteiger partial charge < -0.3 is 10.2 Å². The molecule has 2 fully saturated rings. The maximum atomic E-state index is 14.9. The molecule has 176 valence electrons. The van der Waals surface area contributed by atoms with Crippen LogP contribution in [0.1, 0.15) is 53.4 Å². The van der Waals surface area contributed by atoms with Crippen molar-refractivity contribution in [3.8, 4) is 0 Å². The number of aromatic nitrogens is 2. The molecule has 2 aliphatic heterocycles. The van der Waals surface area contributed by atoms with Crippen molar-refractivity contribution in [2.24, 2.45) is 5.92 Å². The first-order chi connectivity index (χ1) is 16.1. The van der Waals surface area contributed by atoms with Gasteiger partial charge in [-0.1, -0.05) is 60.2 Å². The number of anilines is 1. The zero-order valence-electron chi connectivity index (χ0n) is 19.6. The standard InChI is InChI=1S/C27H28F2N4O/c1-17-8-7-11-19(12-17)26-16-32(15-22(26)27(26,28)29)24(34)20-14-30-33-23(20)31-21(13-25(33,2)3)18-9-5-4-6-10-18/h4-12,14,21-22,31H,13,15-16H2,1-3H3/t21-,22?,26?/m1/s1. The summed E-state index contributed by atoms with van der Waals surface area (Å²) in [5, 5.41) is 8.05. The fourth-order valence-electron chi connectivity index (χ4n) is 6.13. The van der Waals surface area contributed by atoms with Crippen molar-refractivity contribution in [2.45, 2.75) is 50.1 Å². The van der Waals surface area contributed by atoms with Gasteiger partial charge in [0.25, 0.3) is 11.8 Å². The highest BCUT2D eigenvalue weighted by molar-refractivity contribution is 5.99. The summed E-state index contributed by atoms with van der Waals surface area (Å²) in [6, 6.07) is 17.5. The molecule has 1 aliphatic carbocycles. The van der Waals surface area contributed by atoms with Gasteiger partial charge in [0, 0.05) is 13.1 Å². The van der Waals surface area contributed by atoms with Crippen molar-refractivity contribution in [3.05, 3.63) is 83.0 Å². The minimum atomic E-state index is -2.80. The second-order valence-electron chi connectivity index (χ2n) is 10.6. The van der Waals surface area contributed by atoms with Crippen molar-refractivity contribution in [1.82, 2.24) is 14.7 Å². The lowest BCUT2D eigenvalue weighted by Crippen LogP contribution is -2.40. The summed E-state index contributed by atoms with van der Waals surface area (Å²) in [6.07, 6.45) is 2.40. The molecule has 1 aromatic heterocycles. The number of benzene rings is 2. The second kappa shape index (κ2) is 6.90. The molecule has 1 N–H and O–H groups in total. The van der Waals surface area contributed by atoms with Gasteiger partial charge in [0.05, 0.1) is 29.1 Å². The number of amides is 1. The van der Waals surface area contributed by atoms with Gasteiger partial charge in [0.1, 0.15) is 11.4 Å². The number of hydrogen-bond donors (Lipinski definition) is 1. The topological polar surface area (TPSA) is 50.2 Å². The van der Waals surface area contributed by atoms with Crippen LogP contribution in [0.5, 0.6) is 0 Å². The summed E-state index contributed by atoms with van der Waals surface area (Å²) in [5.41, 5.74) is 1.56. The maximum absolute atomic E-state index is 14.9. The Bertz CT molecular complexity index is 1280. The number of nitrogens with zero attached hydrogens (tertiary/aromatic N) is 3. The minimum Gasteiger partial charge on any atom is -0.363 e. The van der Waals surface area contributed by atoms with Gasteiger partial charge in [0.2, 0.25) is 0 Å². The van der Waals surface area contributed by atoms with E-state index in [4.69, 9.17) is 0 Å². The number of aryl methyl sites for hydroxylation is 1. The van der Waals surface area contributed by atoms with Crippen LogP contribution in [-0.2, 0) is 11.0 Å². The van der Waals surface area contributed by atoms with E-state index in [-0.39, 0.29) is 30.6 Å². The van der Waals surface area contributed by atoms with E-state index >= 15 is 0 Å². The monoisotopic (exact) mass is 462 g/mol. The second-order valence-corrected chi connectivity index (χ2v) is 10.6. The molecule has 7 heteroatoms. The van der Waals surface area contributed by atoms with Crippen LogP contribution in [0.4, 0.5) is 14.6 Å². The number of carbonyl (C=O) groups excluding carboxylic acids is 1. The van der Waals surface area contributed by atoms with Crippen LogP contribution in [0.15, 0.2) is 60.8 Å². The van der Waals surface area contributed by atoms with Crippen LogP contribution in [0.3, 0.4) is 0 Å². The third-order valence-corrected chi connectivity index (χ3v) is 8.00. The van der Waals surface area contributed by atoms with Crippen LogP contribution in [0.25, 0.3) is 0 Å². The molecule has 3 aromatic rings. The van der Waals surface area contributed by atoms with Gasteiger partial charge in [-0.3, -0.25) is 4.79 Å². The summed E-state index contributed by atoms with van der Waals surface area (Å²) in [5.74, 6) is -3.23. The molecule has 0 radical (unpaired) electrons. The van der Waals surface area contributed by atoms with Gasteiger partial charge in [-0.25, -0.2) is 13.5 Å². The van der Waals surface area contributed by atoms with Crippen LogP contribution in [-0.4, -0.2) is 39.6 Å². The van der Waals surface area contributed by atoms with E-state index in [2.05, 4.69) is 36.4 Å². The highest BCUT2D eigenvalue weighted by atomic mass is 19.3. The number of carbonyl (C=O) groups is 1. The van der Waals surface area contributed by atoms with E-state index in [1.807, 2.05) is 48.0 Å². The molecule has 0 spiro atoms. The van der Waals surface area contributed by atoms with Gasteiger partial charge in [0.15, 0.2) is 0 Å². The van der Waals surface area contributed by atoms with Gasteiger partial charge >= 0.3 is 0 Å². The molecule has 1 saturated carbocycles. The molecular formula is C27H28F2N4O. The van der Waals surface area contributed by atoms with Crippen LogP contribution in [0, 0.1) is 12.8 Å². The first kappa shape index (κ1) is 21.3. The minimum absolute atomic E-state index is 0.0169. The Labute approximate surface area is 197 Å². The molecule has 6 rings (SSSR count). The summed E-state index contributed by atoms with van der Waals surface area (Å²) in [4.78, 5) is 15.2. The Morgan fingerprint density at radius 2 is 1.88 bits per heavy atom. The van der Waals surface area contributed by atoms with E-state index < -0.39 is 17.3 Å². The first-order valence-electron chi connectivity index (χ1n) is 11.8. The number of halogens is 2. The lowest BCUT2D eigenvalue weighted by Gasteiger charge is -2.38. The third-order valence-electron chi connectivity index (χ3n) is 8.00. The Hall–Kier alpha value is -3.22. The summed E-state index contributed by atoms with van der Waals surface area (Å²) in [6.45, 7) is 6.18. The van der Waals surface area contributed by atoms with Crippen molar-refractivity contribution < 1.29 is 13.6 Å². The van der Waals surface area contributed by atoms with Crippen molar-refractivity contribution in [1.29, 1.82) is 0 Å². The number of fused-ring (bicyclic) bond motifs is 2. The van der Waals surface area contributed by atoms with E-state index in [1.54, 1.807) is 17.2 Å². The number of alkyl halides is 2. The van der Waals surface area contributed by atoms with E-state index in [1.165, 1.54) is 0 Å². The SMILES string of the molecule is Cc1cccc(C23CN(C(=O)c4cnn5c4N[C@@H](c4ccccc4)CC5(C)C)CC2C3(F)F)c1. The molecule has 1 saturated heterocycles. The van der Waals surface area contributed by atoms with Gasteiger partial charge in [-0.05, 0) is 38.3 Å². The Kier molecular flexibility index (Phi) is 4.33. The number of rotatable bonds is 3.